The van der Waals surface area contributed by atoms with Crippen molar-refractivity contribution in [3.05, 3.63) is 22.7 Å². The van der Waals surface area contributed by atoms with Gasteiger partial charge in [-0.1, -0.05) is 11.6 Å². The lowest BCUT2D eigenvalue weighted by Gasteiger charge is -2.26. The summed E-state index contributed by atoms with van der Waals surface area (Å²) in [4.78, 5) is 14.5. The maximum Gasteiger partial charge on any atom is 0.224 e. The van der Waals surface area contributed by atoms with Crippen LogP contribution in [0.2, 0.25) is 5.02 Å². The Balaban J connectivity index is 1.44. The van der Waals surface area contributed by atoms with Crippen molar-refractivity contribution in [2.45, 2.75) is 19.3 Å². The number of carbonyl (C=O) groups is 1. The molecule has 0 aromatic heterocycles. The van der Waals surface area contributed by atoms with E-state index in [-0.39, 0.29) is 12.3 Å². The summed E-state index contributed by atoms with van der Waals surface area (Å²) in [6.45, 7) is 6.41. The predicted molar refractivity (Wildman–Crippen MR) is 95.6 cm³/mol. The molecule has 1 aromatic carbocycles. The third-order valence-electron chi connectivity index (χ3n) is 4.30. The van der Waals surface area contributed by atoms with Gasteiger partial charge < -0.3 is 19.5 Å². The quantitative estimate of drug-likeness (QED) is 0.777. The Morgan fingerprint density at radius 3 is 2.80 bits per heavy atom. The number of carbonyl (C=O) groups excluding carboxylic acids is 1. The van der Waals surface area contributed by atoms with Crippen molar-refractivity contribution in [1.82, 2.24) is 10.2 Å². The fraction of sp³-hybridized carbons (Fsp3) is 0.611. The molecule has 1 N–H and O–H groups in total. The topological polar surface area (TPSA) is 60.0 Å². The zero-order valence-corrected chi connectivity index (χ0v) is 15.1. The molecule has 0 saturated carbocycles. The second kappa shape index (κ2) is 9.27. The Labute approximate surface area is 153 Å². The van der Waals surface area contributed by atoms with Crippen LogP contribution in [0, 0.1) is 0 Å². The highest BCUT2D eigenvalue weighted by Crippen LogP contribution is 2.38. The van der Waals surface area contributed by atoms with E-state index in [1.165, 1.54) is 0 Å². The van der Waals surface area contributed by atoms with Gasteiger partial charge in [0.1, 0.15) is 0 Å². The maximum atomic E-state index is 12.2. The molecular formula is C18H25ClN2O4. The summed E-state index contributed by atoms with van der Waals surface area (Å²) in [7, 11) is 0. The van der Waals surface area contributed by atoms with Gasteiger partial charge in [-0.05, 0) is 30.7 Å². The molecule has 3 rings (SSSR count). The monoisotopic (exact) mass is 368 g/mol. The number of morpholine rings is 1. The molecule has 1 amide bonds. The van der Waals surface area contributed by atoms with Crippen molar-refractivity contribution in [2.75, 3.05) is 52.6 Å². The van der Waals surface area contributed by atoms with E-state index in [0.717, 1.165) is 51.3 Å². The van der Waals surface area contributed by atoms with Crippen molar-refractivity contribution in [2.24, 2.45) is 0 Å². The number of rotatable bonds is 6. The molecule has 1 fully saturated rings. The highest BCUT2D eigenvalue weighted by Gasteiger charge is 2.17. The molecule has 2 aliphatic heterocycles. The van der Waals surface area contributed by atoms with Crippen LogP contribution in [0.25, 0.3) is 0 Å². The Morgan fingerprint density at radius 2 is 1.96 bits per heavy atom. The molecule has 138 valence electrons. The fourth-order valence-corrected chi connectivity index (χ4v) is 3.28. The second-order valence-corrected chi connectivity index (χ2v) is 6.70. The lowest BCUT2D eigenvalue weighted by Crippen LogP contribution is -2.38. The normalized spacial score (nSPS) is 17.8. The number of hydrogen-bond donors (Lipinski definition) is 1. The van der Waals surface area contributed by atoms with Gasteiger partial charge in [-0.25, -0.2) is 0 Å². The van der Waals surface area contributed by atoms with E-state index in [1.54, 1.807) is 6.07 Å². The number of fused-ring (bicyclic) bond motifs is 1. The summed E-state index contributed by atoms with van der Waals surface area (Å²) in [6.07, 6.45) is 2.05. The molecular weight excluding hydrogens is 344 g/mol. The van der Waals surface area contributed by atoms with Crippen LogP contribution >= 0.6 is 11.6 Å². The smallest absolute Gasteiger partial charge is 0.224 e. The predicted octanol–water partition coefficient (Wildman–Crippen LogP) is 1.88. The highest BCUT2D eigenvalue weighted by molar-refractivity contribution is 6.32. The minimum atomic E-state index is -0.00691. The fourth-order valence-electron chi connectivity index (χ4n) is 2.99. The number of amides is 1. The van der Waals surface area contributed by atoms with Gasteiger partial charge in [0, 0.05) is 26.1 Å². The molecule has 0 radical (unpaired) electrons. The van der Waals surface area contributed by atoms with Crippen LogP contribution in [-0.2, 0) is 16.0 Å². The van der Waals surface area contributed by atoms with Gasteiger partial charge in [0.25, 0.3) is 0 Å². The third-order valence-corrected chi connectivity index (χ3v) is 4.58. The molecule has 1 aromatic rings. The first-order chi connectivity index (χ1) is 12.2. The molecule has 6 nitrogen and oxygen atoms in total. The molecule has 0 unspecified atom stereocenters. The zero-order valence-electron chi connectivity index (χ0n) is 14.4. The SMILES string of the molecule is O=C(Cc1cc(Cl)c2c(c1)OCCCO2)NCCCN1CCOCC1. The summed E-state index contributed by atoms with van der Waals surface area (Å²) in [6, 6.07) is 3.63. The summed E-state index contributed by atoms with van der Waals surface area (Å²) < 4.78 is 16.6. The average molecular weight is 369 g/mol. The van der Waals surface area contributed by atoms with Gasteiger partial charge in [-0.2, -0.15) is 0 Å². The largest absolute Gasteiger partial charge is 0.489 e. The Bertz CT molecular complexity index is 591. The van der Waals surface area contributed by atoms with E-state index < -0.39 is 0 Å². The molecule has 2 heterocycles. The van der Waals surface area contributed by atoms with E-state index >= 15 is 0 Å². The van der Waals surface area contributed by atoms with Crippen LogP contribution < -0.4 is 14.8 Å². The van der Waals surface area contributed by atoms with Crippen molar-refractivity contribution < 1.29 is 19.0 Å². The van der Waals surface area contributed by atoms with Gasteiger partial charge in [0.15, 0.2) is 11.5 Å². The first-order valence-corrected chi connectivity index (χ1v) is 9.25. The summed E-state index contributed by atoms with van der Waals surface area (Å²) in [5, 5.41) is 3.47. The van der Waals surface area contributed by atoms with Crippen molar-refractivity contribution >= 4 is 17.5 Å². The highest BCUT2D eigenvalue weighted by atomic mass is 35.5. The number of benzene rings is 1. The third kappa shape index (κ3) is 5.49. The molecule has 0 bridgehead atoms. The summed E-state index contributed by atoms with van der Waals surface area (Å²) >= 11 is 6.26. The Morgan fingerprint density at radius 1 is 1.16 bits per heavy atom. The molecule has 0 atom stereocenters. The van der Waals surface area contributed by atoms with Gasteiger partial charge in [-0.3, -0.25) is 9.69 Å². The molecule has 0 aliphatic carbocycles. The molecule has 25 heavy (non-hydrogen) atoms. The minimum Gasteiger partial charge on any atom is -0.489 e. The molecule has 2 aliphatic rings. The van der Waals surface area contributed by atoms with Gasteiger partial charge >= 0.3 is 0 Å². The lowest BCUT2D eigenvalue weighted by atomic mass is 10.1. The molecule has 1 saturated heterocycles. The minimum absolute atomic E-state index is 0.00691. The number of hydrogen-bond acceptors (Lipinski definition) is 5. The van der Waals surface area contributed by atoms with Crippen LogP contribution in [0.15, 0.2) is 12.1 Å². The van der Waals surface area contributed by atoms with Crippen molar-refractivity contribution in [3.8, 4) is 11.5 Å². The summed E-state index contributed by atoms with van der Waals surface area (Å²) in [5.41, 5.74) is 0.833. The van der Waals surface area contributed by atoms with E-state index in [9.17, 15) is 4.79 Å². The van der Waals surface area contributed by atoms with Crippen LogP contribution in [0.4, 0.5) is 0 Å². The van der Waals surface area contributed by atoms with Gasteiger partial charge in [0.05, 0.1) is 37.9 Å². The average Bonchev–Trinajstić information content (AvgIpc) is 2.85. The van der Waals surface area contributed by atoms with Crippen LogP contribution in [0.1, 0.15) is 18.4 Å². The van der Waals surface area contributed by atoms with E-state index in [0.29, 0.717) is 36.3 Å². The van der Waals surface area contributed by atoms with E-state index in [1.807, 2.05) is 6.07 Å². The summed E-state index contributed by atoms with van der Waals surface area (Å²) in [5.74, 6) is 1.20. The van der Waals surface area contributed by atoms with E-state index in [4.69, 9.17) is 25.8 Å². The number of halogens is 1. The maximum absolute atomic E-state index is 12.2. The van der Waals surface area contributed by atoms with Crippen molar-refractivity contribution in [3.63, 3.8) is 0 Å². The second-order valence-electron chi connectivity index (χ2n) is 6.29. The van der Waals surface area contributed by atoms with Crippen LogP contribution in [-0.4, -0.2) is 63.4 Å². The Hall–Kier alpha value is -1.50. The molecule has 0 spiro atoms. The van der Waals surface area contributed by atoms with Crippen molar-refractivity contribution in [1.29, 1.82) is 0 Å². The zero-order chi connectivity index (χ0) is 17.5. The van der Waals surface area contributed by atoms with Gasteiger partial charge in [0.2, 0.25) is 5.91 Å². The van der Waals surface area contributed by atoms with E-state index in [2.05, 4.69) is 10.2 Å². The molecule has 7 heteroatoms. The Kier molecular flexibility index (Phi) is 6.78. The number of nitrogens with one attached hydrogen (secondary N) is 1. The number of nitrogens with zero attached hydrogens (tertiary/aromatic N) is 1. The first-order valence-electron chi connectivity index (χ1n) is 8.87. The lowest BCUT2D eigenvalue weighted by molar-refractivity contribution is -0.120. The number of ether oxygens (including phenoxy) is 3. The van der Waals surface area contributed by atoms with Crippen LogP contribution in [0.3, 0.4) is 0 Å². The van der Waals surface area contributed by atoms with Gasteiger partial charge in [-0.15, -0.1) is 0 Å². The standard InChI is InChI=1S/C18H25ClN2O4/c19-15-11-14(12-16-18(15)25-8-2-7-24-16)13-17(22)20-3-1-4-21-5-9-23-10-6-21/h11-12H,1-10,13H2,(H,20,22). The first kappa shape index (κ1) is 18.3. The van der Waals surface area contributed by atoms with Crippen LogP contribution in [0.5, 0.6) is 11.5 Å².